The van der Waals surface area contributed by atoms with E-state index in [1.807, 2.05) is 31.5 Å². The monoisotopic (exact) mass is 304 g/mol. The Hall–Kier alpha value is -1.39. The van der Waals surface area contributed by atoms with Crippen LogP contribution in [0.4, 0.5) is 0 Å². The van der Waals surface area contributed by atoms with Gasteiger partial charge in [-0.05, 0) is 46.4 Å². The number of likely N-dealkylation sites (N-methyl/N-ethyl adjacent to an activating group) is 1. The van der Waals surface area contributed by atoms with Gasteiger partial charge in [0, 0.05) is 45.2 Å². The maximum Gasteiger partial charge on any atom is 0.128 e. The van der Waals surface area contributed by atoms with Gasteiger partial charge >= 0.3 is 0 Å². The van der Waals surface area contributed by atoms with E-state index in [1.165, 1.54) is 15.3 Å². The summed E-state index contributed by atoms with van der Waals surface area (Å²) in [5, 5.41) is 3.42. The van der Waals surface area contributed by atoms with Crippen LogP contribution in [-0.2, 0) is 6.42 Å². The fraction of sp³-hybridized carbons (Fsp3) is 0.471. The number of pyridine rings is 1. The molecule has 0 aliphatic rings. The molecule has 0 amide bonds. The van der Waals surface area contributed by atoms with Crippen molar-refractivity contribution in [2.75, 3.05) is 14.2 Å². The van der Waals surface area contributed by atoms with Crippen LogP contribution in [0.3, 0.4) is 0 Å². The summed E-state index contributed by atoms with van der Waals surface area (Å²) < 4.78 is 5.50. The standard InChI is InChI=1S/C17H24N2OS/c1-10-7-16(21-13(10)4)15(18-5)8-14-12(3)17(20-6)11(2)9-19-14/h7,9,15,18H,8H2,1-6H3. The molecule has 0 bridgehead atoms. The van der Waals surface area contributed by atoms with Gasteiger partial charge in [0.15, 0.2) is 0 Å². The van der Waals surface area contributed by atoms with E-state index in [1.54, 1.807) is 7.11 Å². The summed E-state index contributed by atoms with van der Waals surface area (Å²) in [5.41, 5.74) is 4.69. The SMILES string of the molecule is CNC(Cc1ncc(C)c(OC)c1C)c1cc(C)c(C)s1. The molecule has 3 nitrogen and oxygen atoms in total. The summed E-state index contributed by atoms with van der Waals surface area (Å²) in [5.74, 6) is 0.952. The third-order valence-corrected chi connectivity index (χ3v) is 5.29. The lowest BCUT2D eigenvalue weighted by Crippen LogP contribution is -2.19. The zero-order valence-electron chi connectivity index (χ0n) is 13.7. The van der Waals surface area contributed by atoms with Crippen LogP contribution in [0.5, 0.6) is 5.75 Å². The first-order valence-electron chi connectivity index (χ1n) is 7.21. The molecule has 0 aromatic carbocycles. The number of aryl methyl sites for hydroxylation is 3. The molecule has 0 aliphatic heterocycles. The number of methoxy groups -OCH3 is 1. The highest BCUT2D eigenvalue weighted by Crippen LogP contribution is 2.31. The van der Waals surface area contributed by atoms with Gasteiger partial charge < -0.3 is 10.1 Å². The largest absolute Gasteiger partial charge is 0.496 e. The second-order valence-corrected chi connectivity index (χ2v) is 6.77. The molecule has 0 saturated heterocycles. The first-order valence-corrected chi connectivity index (χ1v) is 8.02. The van der Waals surface area contributed by atoms with Crippen molar-refractivity contribution in [2.45, 2.75) is 40.2 Å². The minimum Gasteiger partial charge on any atom is -0.496 e. The van der Waals surface area contributed by atoms with E-state index in [2.05, 4.69) is 37.1 Å². The fourth-order valence-electron chi connectivity index (χ4n) is 2.59. The topological polar surface area (TPSA) is 34.2 Å². The summed E-state index contributed by atoms with van der Waals surface area (Å²) in [6, 6.07) is 2.57. The van der Waals surface area contributed by atoms with Gasteiger partial charge in [0.2, 0.25) is 0 Å². The van der Waals surface area contributed by atoms with Crippen molar-refractivity contribution in [3.63, 3.8) is 0 Å². The molecule has 0 radical (unpaired) electrons. The lowest BCUT2D eigenvalue weighted by Gasteiger charge is -2.17. The smallest absolute Gasteiger partial charge is 0.128 e. The highest BCUT2D eigenvalue weighted by molar-refractivity contribution is 7.12. The molecule has 1 atom stereocenters. The predicted octanol–water partition coefficient (Wildman–Crippen LogP) is 3.89. The molecule has 2 aromatic rings. The summed E-state index contributed by atoms with van der Waals surface area (Å²) in [7, 11) is 3.73. The first kappa shape index (κ1) is 16.0. The number of aromatic nitrogens is 1. The Bertz CT molecular complexity index is 614. The number of nitrogens with one attached hydrogen (secondary N) is 1. The van der Waals surface area contributed by atoms with Crippen LogP contribution in [-0.4, -0.2) is 19.1 Å². The third kappa shape index (κ3) is 3.27. The second-order valence-electron chi connectivity index (χ2n) is 5.48. The summed E-state index contributed by atoms with van der Waals surface area (Å²) in [4.78, 5) is 7.37. The minimum atomic E-state index is 0.293. The van der Waals surface area contributed by atoms with E-state index in [9.17, 15) is 0 Å². The van der Waals surface area contributed by atoms with Crippen LogP contribution in [0.2, 0.25) is 0 Å². The molecule has 0 spiro atoms. The van der Waals surface area contributed by atoms with Crippen molar-refractivity contribution in [1.82, 2.24) is 10.3 Å². The molecular formula is C17H24N2OS. The van der Waals surface area contributed by atoms with E-state index < -0.39 is 0 Å². The Morgan fingerprint density at radius 2 is 1.95 bits per heavy atom. The maximum atomic E-state index is 5.50. The lowest BCUT2D eigenvalue weighted by atomic mass is 10.0. The Morgan fingerprint density at radius 3 is 2.48 bits per heavy atom. The molecule has 2 rings (SSSR count). The molecule has 1 N–H and O–H groups in total. The average molecular weight is 304 g/mol. The van der Waals surface area contributed by atoms with Crippen molar-refractivity contribution < 1.29 is 4.74 Å². The first-order chi connectivity index (χ1) is 9.97. The van der Waals surface area contributed by atoms with Gasteiger partial charge in [-0.3, -0.25) is 4.98 Å². The highest BCUT2D eigenvalue weighted by Gasteiger charge is 2.17. The van der Waals surface area contributed by atoms with Gasteiger partial charge in [0.25, 0.3) is 0 Å². The molecule has 2 heterocycles. The van der Waals surface area contributed by atoms with Crippen LogP contribution >= 0.6 is 11.3 Å². The molecule has 0 aliphatic carbocycles. The summed E-state index contributed by atoms with van der Waals surface area (Å²) >= 11 is 1.86. The molecule has 0 fully saturated rings. The van der Waals surface area contributed by atoms with Gasteiger partial charge in [0.05, 0.1) is 7.11 Å². The van der Waals surface area contributed by atoms with Gasteiger partial charge in [-0.25, -0.2) is 0 Å². The number of thiophene rings is 1. The van der Waals surface area contributed by atoms with Crippen LogP contribution < -0.4 is 10.1 Å². The van der Waals surface area contributed by atoms with E-state index in [0.717, 1.165) is 29.0 Å². The molecular weight excluding hydrogens is 280 g/mol. The van der Waals surface area contributed by atoms with Crippen LogP contribution in [0.1, 0.15) is 38.2 Å². The number of hydrogen-bond acceptors (Lipinski definition) is 4. The number of nitrogens with zero attached hydrogens (tertiary/aromatic N) is 1. The molecule has 114 valence electrons. The fourth-order valence-corrected chi connectivity index (χ4v) is 3.74. The molecule has 1 unspecified atom stereocenters. The van der Waals surface area contributed by atoms with Crippen molar-refractivity contribution in [3.05, 3.63) is 44.4 Å². The Labute approximate surface area is 131 Å². The van der Waals surface area contributed by atoms with Crippen molar-refractivity contribution in [3.8, 4) is 5.75 Å². The van der Waals surface area contributed by atoms with E-state index in [0.29, 0.717) is 6.04 Å². The Morgan fingerprint density at radius 1 is 1.24 bits per heavy atom. The van der Waals surface area contributed by atoms with Gasteiger partial charge in [0.1, 0.15) is 5.75 Å². The Kier molecular flexibility index (Phi) is 5.01. The number of hydrogen-bond donors (Lipinski definition) is 1. The zero-order valence-corrected chi connectivity index (χ0v) is 14.5. The van der Waals surface area contributed by atoms with Crippen LogP contribution in [0.25, 0.3) is 0 Å². The van der Waals surface area contributed by atoms with E-state index in [-0.39, 0.29) is 0 Å². The molecule has 21 heavy (non-hydrogen) atoms. The summed E-state index contributed by atoms with van der Waals surface area (Å²) in [6.45, 7) is 8.46. The highest BCUT2D eigenvalue weighted by atomic mass is 32.1. The van der Waals surface area contributed by atoms with Gasteiger partial charge in [-0.1, -0.05) is 0 Å². The quantitative estimate of drug-likeness (QED) is 0.910. The molecule has 4 heteroatoms. The summed E-state index contributed by atoms with van der Waals surface area (Å²) in [6.07, 6.45) is 2.77. The molecule has 0 saturated carbocycles. The average Bonchev–Trinajstić information content (AvgIpc) is 2.78. The zero-order chi connectivity index (χ0) is 15.6. The Balaban J connectivity index is 2.31. The van der Waals surface area contributed by atoms with Crippen molar-refractivity contribution in [2.24, 2.45) is 0 Å². The second kappa shape index (κ2) is 6.58. The predicted molar refractivity (Wildman–Crippen MR) is 89.6 cm³/mol. The molecule has 2 aromatic heterocycles. The number of rotatable bonds is 5. The maximum absolute atomic E-state index is 5.50. The number of ether oxygens (including phenoxy) is 1. The lowest BCUT2D eigenvalue weighted by molar-refractivity contribution is 0.406. The van der Waals surface area contributed by atoms with Crippen LogP contribution in [0.15, 0.2) is 12.3 Å². The van der Waals surface area contributed by atoms with E-state index in [4.69, 9.17) is 4.74 Å². The van der Waals surface area contributed by atoms with Crippen molar-refractivity contribution in [1.29, 1.82) is 0 Å². The van der Waals surface area contributed by atoms with E-state index >= 15 is 0 Å². The van der Waals surface area contributed by atoms with Crippen molar-refractivity contribution >= 4 is 11.3 Å². The minimum absolute atomic E-state index is 0.293. The van der Waals surface area contributed by atoms with Crippen LogP contribution in [0, 0.1) is 27.7 Å². The van der Waals surface area contributed by atoms with Gasteiger partial charge in [-0.2, -0.15) is 0 Å². The van der Waals surface area contributed by atoms with Gasteiger partial charge in [-0.15, -0.1) is 11.3 Å². The normalized spacial score (nSPS) is 12.5. The third-order valence-electron chi connectivity index (χ3n) is 4.02.